The largest absolute Gasteiger partial charge is 0.497 e. The molecule has 0 atom stereocenters. The molecular weight excluding hydrogens is 218 g/mol. The van der Waals surface area contributed by atoms with Crippen LogP contribution in [0.5, 0.6) is 5.75 Å². The Balaban J connectivity index is 1.94. The fourth-order valence-electron chi connectivity index (χ4n) is 1.95. The van der Waals surface area contributed by atoms with Gasteiger partial charge in [-0.2, -0.15) is 0 Å². The lowest BCUT2D eigenvalue weighted by Gasteiger charge is -1.99. The number of hydrogen-bond donors (Lipinski definition) is 1. The summed E-state index contributed by atoms with van der Waals surface area (Å²) in [4.78, 5) is 4.35. The van der Waals surface area contributed by atoms with Crippen LogP contribution in [0.1, 0.15) is 5.69 Å². The van der Waals surface area contributed by atoms with Crippen molar-refractivity contribution in [2.24, 2.45) is 4.99 Å². The molecule has 88 valence electrons. The third kappa shape index (κ3) is 1.84. The van der Waals surface area contributed by atoms with Gasteiger partial charge in [-0.3, -0.25) is 4.99 Å². The summed E-state index contributed by atoms with van der Waals surface area (Å²) in [5, 5.41) is 8.32. The summed E-state index contributed by atoms with van der Waals surface area (Å²) < 4.78 is 10.4. The number of amidine groups is 1. The number of ether oxygens (including phenoxy) is 1. The third-order valence-corrected chi connectivity index (χ3v) is 2.83. The maximum atomic E-state index is 5.29. The van der Waals surface area contributed by atoms with Gasteiger partial charge in [-0.1, -0.05) is 5.16 Å². The summed E-state index contributed by atoms with van der Waals surface area (Å²) in [7, 11) is 1.63. The average Bonchev–Trinajstić information content (AvgIpc) is 2.99. The number of hydrogen-bond acceptors (Lipinski definition) is 5. The average molecular weight is 231 g/mol. The first-order valence-corrected chi connectivity index (χ1v) is 5.56. The van der Waals surface area contributed by atoms with Crippen LogP contribution in [-0.4, -0.2) is 31.2 Å². The molecule has 17 heavy (non-hydrogen) atoms. The van der Waals surface area contributed by atoms with Gasteiger partial charge in [0.05, 0.1) is 25.8 Å². The van der Waals surface area contributed by atoms with E-state index in [9.17, 15) is 0 Å². The Bertz CT molecular complexity index is 574. The van der Waals surface area contributed by atoms with Crippen molar-refractivity contribution in [2.75, 3.05) is 20.2 Å². The van der Waals surface area contributed by atoms with Crippen molar-refractivity contribution in [3.05, 3.63) is 23.9 Å². The summed E-state index contributed by atoms with van der Waals surface area (Å²) >= 11 is 0. The molecule has 2 aromatic rings. The zero-order valence-electron chi connectivity index (χ0n) is 9.56. The summed E-state index contributed by atoms with van der Waals surface area (Å²) in [5.74, 6) is 1.76. The van der Waals surface area contributed by atoms with Crippen molar-refractivity contribution in [1.29, 1.82) is 0 Å². The van der Waals surface area contributed by atoms with Crippen LogP contribution in [0.4, 0.5) is 0 Å². The minimum atomic E-state index is 0.694. The van der Waals surface area contributed by atoms with Gasteiger partial charge in [-0.25, -0.2) is 0 Å². The first kappa shape index (κ1) is 10.1. The lowest BCUT2D eigenvalue weighted by atomic mass is 10.1. The molecule has 3 rings (SSSR count). The van der Waals surface area contributed by atoms with Crippen molar-refractivity contribution in [3.8, 4) is 5.75 Å². The molecule has 0 aliphatic carbocycles. The smallest absolute Gasteiger partial charge is 0.170 e. The van der Waals surface area contributed by atoms with Crippen LogP contribution in [0, 0.1) is 0 Å². The molecule has 5 nitrogen and oxygen atoms in total. The highest BCUT2D eigenvalue weighted by atomic mass is 16.5. The second kappa shape index (κ2) is 4.08. The minimum Gasteiger partial charge on any atom is -0.497 e. The predicted molar refractivity (Wildman–Crippen MR) is 64.6 cm³/mol. The molecule has 1 aromatic heterocycles. The number of nitrogens with one attached hydrogen (secondary N) is 1. The topological polar surface area (TPSA) is 59.6 Å². The van der Waals surface area contributed by atoms with Crippen LogP contribution >= 0.6 is 0 Å². The molecule has 0 spiro atoms. The van der Waals surface area contributed by atoms with E-state index in [0.717, 1.165) is 41.3 Å². The quantitative estimate of drug-likeness (QED) is 0.867. The molecule has 2 heterocycles. The van der Waals surface area contributed by atoms with E-state index in [1.165, 1.54) is 0 Å². The van der Waals surface area contributed by atoms with Crippen molar-refractivity contribution in [3.63, 3.8) is 0 Å². The molecule has 1 N–H and O–H groups in total. The van der Waals surface area contributed by atoms with E-state index in [4.69, 9.17) is 9.26 Å². The maximum absolute atomic E-state index is 5.29. The number of benzene rings is 1. The van der Waals surface area contributed by atoms with Crippen LogP contribution in [-0.2, 0) is 6.42 Å². The number of nitrogens with zero attached hydrogens (tertiary/aromatic N) is 2. The zero-order chi connectivity index (χ0) is 11.7. The summed E-state index contributed by atoms with van der Waals surface area (Å²) in [6.45, 7) is 1.76. The van der Waals surface area contributed by atoms with Crippen molar-refractivity contribution < 1.29 is 9.26 Å². The lowest BCUT2D eigenvalue weighted by molar-refractivity contribution is 0.411. The van der Waals surface area contributed by atoms with Gasteiger partial charge in [0.25, 0.3) is 0 Å². The molecule has 1 aliphatic rings. The summed E-state index contributed by atoms with van der Waals surface area (Å²) in [6, 6.07) is 5.72. The van der Waals surface area contributed by atoms with Gasteiger partial charge in [0.2, 0.25) is 0 Å². The van der Waals surface area contributed by atoms with Gasteiger partial charge in [0, 0.05) is 18.0 Å². The number of aromatic nitrogens is 1. The van der Waals surface area contributed by atoms with Crippen molar-refractivity contribution in [1.82, 2.24) is 10.5 Å². The fraction of sp³-hybridized carbons (Fsp3) is 0.333. The summed E-state index contributed by atoms with van der Waals surface area (Å²) in [6.07, 6.45) is 0.694. The van der Waals surface area contributed by atoms with E-state index in [1.54, 1.807) is 7.11 Å². The fourth-order valence-corrected chi connectivity index (χ4v) is 1.95. The molecule has 0 fully saturated rings. The normalized spacial score (nSPS) is 14.8. The molecule has 0 saturated heterocycles. The van der Waals surface area contributed by atoms with Crippen LogP contribution < -0.4 is 10.1 Å². The van der Waals surface area contributed by atoms with Gasteiger partial charge in [0.15, 0.2) is 5.58 Å². The Morgan fingerprint density at radius 1 is 1.47 bits per heavy atom. The molecule has 1 aliphatic heterocycles. The van der Waals surface area contributed by atoms with E-state index >= 15 is 0 Å². The second-order valence-corrected chi connectivity index (χ2v) is 3.92. The van der Waals surface area contributed by atoms with E-state index in [2.05, 4.69) is 15.5 Å². The molecule has 0 saturated carbocycles. The molecule has 1 aromatic carbocycles. The lowest BCUT2D eigenvalue weighted by Crippen LogP contribution is -2.20. The Labute approximate surface area is 98.5 Å². The van der Waals surface area contributed by atoms with E-state index < -0.39 is 0 Å². The Morgan fingerprint density at radius 3 is 3.18 bits per heavy atom. The maximum Gasteiger partial charge on any atom is 0.170 e. The van der Waals surface area contributed by atoms with Crippen LogP contribution in [0.2, 0.25) is 0 Å². The Morgan fingerprint density at radius 2 is 2.41 bits per heavy atom. The van der Waals surface area contributed by atoms with Crippen molar-refractivity contribution >= 4 is 16.8 Å². The zero-order valence-corrected chi connectivity index (χ0v) is 9.56. The van der Waals surface area contributed by atoms with E-state index in [-0.39, 0.29) is 0 Å². The van der Waals surface area contributed by atoms with Gasteiger partial charge in [-0.05, 0) is 12.1 Å². The molecule has 0 radical (unpaired) electrons. The number of rotatable bonds is 3. The predicted octanol–water partition coefficient (Wildman–Crippen LogP) is 1.38. The monoisotopic (exact) mass is 231 g/mol. The number of methoxy groups -OCH3 is 1. The molecule has 0 unspecified atom stereocenters. The minimum absolute atomic E-state index is 0.694. The van der Waals surface area contributed by atoms with Gasteiger partial charge >= 0.3 is 0 Å². The first-order valence-electron chi connectivity index (χ1n) is 5.56. The molecule has 5 heteroatoms. The second-order valence-electron chi connectivity index (χ2n) is 3.92. The SMILES string of the molecule is COc1ccc2c(CC3=NCCN3)noc2c1. The Kier molecular flexibility index (Phi) is 2.44. The number of fused-ring (bicyclic) bond motifs is 1. The molecule has 0 amide bonds. The third-order valence-electron chi connectivity index (χ3n) is 2.83. The van der Waals surface area contributed by atoms with Gasteiger partial charge in [-0.15, -0.1) is 0 Å². The highest BCUT2D eigenvalue weighted by Gasteiger charge is 2.13. The highest BCUT2D eigenvalue weighted by Crippen LogP contribution is 2.23. The van der Waals surface area contributed by atoms with Crippen LogP contribution in [0.25, 0.3) is 11.0 Å². The van der Waals surface area contributed by atoms with Crippen LogP contribution in [0.15, 0.2) is 27.7 Å². The van der Waals surface area contributed by atoms with E-state index in [0.29, 0.717) is 6.42 Å². The van der Waals surface area contributed by atoms with Crippen LogP contribution in [0.3, 0.4) is 0 Å². The van der Waals surface area contributed by atoms with Crippen molar-refractivity contribution in [2.45, 2.75) is 6.42 Å². The standard InChI is InChI=1S/C12H13N3O2/c1-16-8-2-3-9-10(15-17-11(9)6-8)7-12-13-4-5-14-12/h2-3,6H,4-5,7H2,1H3,(H,13,14). The Hall–Kier alpha value is -2.04. The summed E-state index contributed by atoms with van der Waals surface area (Å²) in [5.41, 5.74) is 1.66. The molecular formula is C12H13N3O2. The van der Waals surface area contributed by atoms with E-state index in [1.807, 2.05) is 18.2 Å². The number of aliphatic imine (C=N–C) groups is 1. The highest BCUT2D eigenvalue weighted by molar-refractivity contribution is 5.90. The molecule has 0 bridgehead atoms. The van der Waals surface area contributed by atoms with Gasteiger partial charge < -0.3 is 14.6 Å². The van der Waals surface area contributed by atoms with Gasteiger partial charge in [0.1, 0.15) is 11.6 Å². The first-order chi connectivity index (χ1) is 8.36.